The average molecular weight is 358 g/mol. The summed E-state index contributed by atoms with van der Waals surface area (Å²) in [4.78, 5) is 8.09. The van der Waals surface area contributed by atoms with E-state index in [1.165, 1.54) is 52.0 Å². The predicted octanol–water partition coefficient (Wildman–Crippen LogP) is 2.27. The zero-order chi connectivity index (χ0) is 18.0. The van der Waals surface area contributed by atoms with E-state index >= 15 is 0 Å². The van der Waals surface area contributed by atoms with E-state index < -0.39 is 0 Å². The molecule has 1 aromatic rings. The number of nitrogens with zero attached hydrogens (tertiary/aromatic N) is 3. The van der Waals surface area contributed by atoms with Gasteiger partial charge in [0.15, 0.2) is 0 Å². The van der Waals surface area contributed by atoms with Crippen LogP contribution in [0.2, 0.25) is 0 Å². The minimum Gasteiger partial charge on any atom is -0.379 e. The topological polar surface area (TPSA) is 19.0 Å². The molecule has 0 bridgehead atoms. The Kier molecular flexibility index (Phi) is 5.65. The second-order valence-electron chi connectivity index (χ2n) is 8.91. The van der Waals surface area contributed by atoms with Gasteiger partial charge in [0.05, 0.1) is 13.2 Å². The molecule has 2 fully saturated rings. The van der Waals surface area contributed by atoms with Gasteiger partial charge in [-0.15, -0.1) is 0 Å². The van der Waals surface area contributed by atoms with Crippen LogP contribution in [0.1, 0.15) is 31.4 Å². The summed E-state index contributed by atoms with van der Waals surface area (Å²) in [5, 5.41) is 0. The summed E-state index contributed by atoms with van der Waals surface area (Å²) in [7, 11) is 0. The van der Waals surface area contributed by atoms with Gasteiger partial charge in [-0.05, 0) is 57.3 Å². The van der Waals surface area contributed by atoms with Crippen molar-refractivity contribution in [3.8, 4) is 0 Å². The number of rotatable bonds is 4. The molecule has 0 saturated carbocycles. The first-order valence-electron chi connectivity index (χ1n) is 10.5. The largest absolute Gasteiger partial charge is 0.379 e. The number of hydrogen-bond donors (Lipinski definition) is 0. The molecule has 0 atom stereocenters. The van der Waals surface area contributed by atoms with Crippen LogP contribution in [0.3, 0.4) is 0 Å². The molecule has 2 heterocycles. The smallest absolute Gasteiger partial charge is 0.0594 e. The molecule has 0 spiro atoms. The molecule has 2 aliphatic heterocycles. The van der Waals surface area contributed by atoms with E-state index in [1.54, 1.807) is 11.1 Å². The number of fused-ring (bicyclic) bond motifs is 1. The Labute approximate surface area is 159 Å². The third-order valence-electron chi connectivity index (χ3n) is 6.65. The van der Waals surface area contributed by atoms with Crippen molar-refractivity contribution < 1.29 is 4.74 Å². The maximum Gasteiger partial charge on any atom is 0.0594 e. The van der Waals surface area contributed by atoms with Gasteiger partial charge >= 0.3 is 0 Å². The van der Waals surface area contributed by atoms with Gasteiger partial charge in [0.25, 0.3) is 0 Å². The zero-order valence-electron chi connectivity index (χ0n) is 16.6. The van der Waals surface area contributed by atoms with E-state index in [4.69, 9.17) is 4.74 Å². The molecule has 144 valence electrons. The van der Waals surface area contributed by atoms with Crippen LogP contribution < -0.4 is 0 Å². The second kappa shape index (κ2) is 7.97. The Balaban J connectivity index is 1.31. The fourth-order valence-electron chi connectivity index (χ4n) is 5.12. The van der Waals surface area contributed by atoms with Gasteiger partial charge < -0.3 is 9.64 Å². The highest BCUT2D eigenvalue weighted by Gasteiger charge is 2.32. The van der Waals surface area contributed by atoms with Crippen molar-refractivity contribution in [2.45, 2.75) is 44.7 Å². The van der Waals surface area contributed by atoms with Crippen LogP contribution in [0.15, 0.2) is 24.3 Å². The molecule has 3 aliphatic rings. The van der Waals surface area contributed by atoms with E-state index in [0.29, 0.717) is 0 Å². The van der Waals surface area contributed by atoms with E-state index in [-0.39, 0.29) is 5.54 Å². The van der Waals surface area contributed by atoms with E-state index in [1.807, 2.05) is 0 Å². The highest BCUT2D eigenvalue weighted by atomic mass is 16.5. The van der Waals surface area contributed by atoms with Crippen LogP contribution in [0.4, 0.5) is 0 Å². The quantitative estimate of drug-likeness (QED) is 0.823. The van der Waals surface area contributed by atoms with Crippen LogP contribution in [-0.4, -0.2) is 85.3 Å². The van der Waals surface area contributed by atoms with Crippen molar-refractivity contribution in [3.63, 3.8) is 0 Å². The molecule has 0 aromatic heterocycles. The maximum atomic E-state index is 5.54. The molecular formula is C22H35N3O. The molecule has 4 nitrogen and oxygen atoms in total. The van der Waals surface area contributed by atoms with Crippen molar-refractivity contribution in [3.05, 3.63) is 35.4 Å². The lowest BCUT2D eigenvalue weighted by Crippen LogP contribution is -2.55. The lowest BCUT2D eigenvalue weighted by molar-refractivity contribution is -0.0213. The number of ether oxygens (including phenoxy) is 1. The van der Waals surface area contributed by atoms with Gasteiger partial charge in [-0.1, -0.05) is 24.3 Å². The standard InChI is InChI=1S/C22H35N3O/c1-22(2,25-12-14-26-15-13-25)18-23-8-5-9-24(11-10-23)21-16-19-6-3-4-7-20(19)17-21/h3-4,6-7,21H,5,8-18H2,1-2H3. The minimum absolute atomic E-state index is 0.239. The summed E-state index contributed by atoms with van der Waals surface area (Å²) in [5.74, 6) is 0. The van der Waals surface area contributed by atoms with Crippen LogP contribution >= 0.6 is 0 Å². The third-order valence-corrected chi connectivity index (χ3v) is 6.65. The van der Waals surface area contributed by atoms with Crippen LogP contribution in [0, 0.1) is 0 Å². The Bertz CT molecular complexity index is 572. The summed E-state index contributed by atoms with van der Waals surface area (Å²) in [6.07, 6.45) is 3.79. The van der Waals surface area contributed by atoms with Gasteiger partial charge in [0.1, 0.15) is 0 Å². The molecule has 0 N–H and O–H groups in total. The Morgan fingerprint density at radius 1 is 0.923 bits per heavy atom. The van der Waals surface area contributed by atoms with Gasteiger partial charge in [0.2, 0.25) is 0 Å². The monoisotopic (exact) mass is 357 g/mol. The molecule has 4 rings (SSSR count). The second-order valence-corrected chi connectivity index (χ2v) is 8.91. The molecule has 0 amide bonds. The van der Waals surface area contributed by atoms with E-state index in [9.17, 15) is 0 Å². The lowest BCUT2D eigenvalue weighted by atomic mass is 10.0. The fourth-order valence-corrected chi connectivity index (χ4v) is 5.12. The van der Waals surface area contributed by atoms with Gasteiger partial charge in [0, 0.05) is 44.3 Å². The van der Waals surface area contributed by atoms with Crippen LogP contribution in [0.5, 0.6) is 0 Å². The van der Waals surface area contributed by atoms with Crippen molar-refractivity contribution in [1.29, 1.82) is 0 Å². The Morgan fingerprint density at radius 3 is 2.31 bits per heavy atom. The zero-order valence-corrected chi connectivity index (χ0v) is 16.6. The van der Waals surface area contributed by atoms with Gasteiger partial charge in [-0.2, -0.15) is 0 Å². The van der Waals surface area contributed by atoms with E-state index in [2.05, 4.69) is 52.8 Å². The third kappa shape index (κ3) is 4.14. The summed E-state index contributed by atoms with van der Waals surface area (Å²) >= 11 is 0. The maximum absolute atomic E-state index is 5.54. The first-order chi connectivity index (χ1) is 12.6. The SMILES string of the molecule is CC(C)(CN1CCCN(C2Cc3ccccc3C2)CC1)N1CCOCC1. The first-order valence-corrected chi connectivity index (χ1v) is 10.5. The van der Waals surface area contributed by atoms with Gasteiger partial charge in [-0.25, -0.2) is 0 Å². The number of morpholine rings is 1. The Morgan fingerprint density at radius 2 is 1.62 bits per heavy atom. The fraction of sp³-hybridized carbons (Fsp3) is 0.727. The van der Waals surface area contributed by atoms with Crippen LogP contribution in [-0.2, 0) is 17.6 Å². The number of benzene rings is 1. The molecule has 4 heteroatoms. The van der Waals surface area contributed by atoms with E-state index in [0.717, 1.165) is 32.3 Å². The summed E-state index contributed by atoms with van der Waals surface area (Å²) in [6.45, 7) is 14.9. The molecule has 2 saturated heterocycles. The average Bonchev–Trinajstić information content (AvgIpc) is 2.95. The lowest BCUT2D eigenvalue weighted by Gasteiger charge is -2.43. The van der Waals surface area contributed by atoms with Gasteiger partial charge in [-0.3, -0.25) is 9.80 Å². The van der Waals surface area contributed by atoms with Crippen molar-refractivity contribution in [2.75, 3.05) is 59.0 Å². The number of hydrogen-bond acceptors (Lipinski definition) is 4. The minimum atomic E-state index is 0.239. The molecule has 1 aliphatic carbocycles. The normalized spacial score (nSPS) is 24.5. The van der Waals surface area contributed by atoms with Crippen molar-refractivity contribution in [2.24, 2.45) is 0 Å². The summed E-state index contributed by atoms with van der Waals surface area (Å²) < 4.78 is 5.54. The molecule has 0 unspecified atom stereocenters. The summed E-state index contributed by atoms with van der Waals surface area (Å²) in [6, 6.07) is 9.76. The predicted molar refractivity (Wildman–Crippen MR) is 107 cm³/mol. The highest BCUT2D eigenvalue weighted by molar-refractivity contribution is 5.33. The molecule has 26 heavy (non-hydrogen) atoms. The highest BCUT2D eigenvalue weighted by Crippen LogP contribution is 2.26. The van der Waals surface area contributed by atoms with Crippen molar-refractivity contribution >= 4 is 0 Å². The Hall–Kier alpha value is -0.940. The molecular weight excluding hydrogens is 322 g/mol. The first kappa shape index (κ1) is 18.4. The summed E-state index contributed by atoms with van der Waals surface area (Å²) in [5.41, 5.74) is 3.39. The molecule has 1 aromatic carbocycles. The van der Waals surface area contributed by atoms with Crippen molar-refractivity contribution in [1.82, 2.24) is 14.7 Å². The molecule has 0 radical (unpaired) electrons. The van der Waals surface area contributed by atoms with Crippen LogP contribution in [0.25, 0.3) is 0 Å².